The van der Waals surface area contributed by atoms with E-state index < -0.39 is 0 Å². The van der Waals surface area contributed by atoms with Gasteiger partial charge < -0.3 is 5.32 Å². The Balaban J connectivity index is 1.37. The number of nitrogens with zero attached hydrogens (tertiary/aromatic N) is 1. The first-order valence-corrected chi connectivity index (χ1v) is 9.83. The van der Waals surface area contributed by atoms with Crippen molar-refractivity contribution in [3.05, 3.63) is 48.0 Å². The summed E-state index contributed by atoms with van der Waals surface area (Å²) in [6.45, 7) is 2.15. The molecular weight excluding hydrogens is 308 g/mol. The van der Waals surface area contributed by atoms with Crippen LogP contribution in [0.25, 0.3) is 10.8 Å². The van der Waals surface area contributed by atoms with Crippen molar-refractivity contribution in [2.45, 2.75) is 57.0 Å². The smallest absolute Gasteiger partial charge is 0.251 e. The second-order valence-corrected chi connectivity index (χ2v) is 7.66. The molecule has 1 saturated heterocycles. The lowest BCUT2D eigenvalue weighted by Crippen LogP contribution is -2.39. The number of amides is 1. The molecule has 0 unspecified atom stereocenters. The number of carbonyl (C=O) groups excluding carboxylic acids is 1. The molecule has 1 N–H and O–H groups in total. The summed E-state index contributed by atoms with van der Waals surface area (Å²) >= 11 is 0. The van der Waals surface area contributed by atoms with Gasteiger partial charge in [0.05, 0.1) is 0 Å². The molecule has 1 aliphatic heterocycles. The van der Waals surface area contributed by atoms with Gasteiger partial charge in [-0.15, -0.1) is 0 Å². The third-order valence-electron chi connectivity index (χ3n) is 5.91. The van der Waals surface area contributed by atoms with Gasteiger partial charge in [-0.25, -0.2) is 0 Å². The monoisotopic (exact) mass is 336 g/mol. The summed E-state index contributed by atoms with van der Waals surface area (Å²) in [5.41, 5.74) is 0.770. The van der Waals surface area contributed by atoms with Gasteiger partial charge in [0, 0.05) is 30.7 Å². The van der Waals surface area contributed by atoms with Crippen molar-refractivity contribution < 1.29 is 4.79 Å². The van der Waals surface area contributed by atoms with Gasteiger partial charge in [-0.2, -0.15) is 0 Å². The molecule has 1 aliphatic carbocycles. The van der Waals surface area contributed by atoms with Gasteiger partial charge in [0.1, 0.15) is 0 Å². The standard InChI is InChI=1S/C22H28N2O/c25-22(19-12-11-17-7-5-6-8-18(17)15-19)23-20-13-14-24(16-20)21-9-3-1-2-4-10-21/h5-8,11-12,15,20-21H,1-4,9-10,13-14,16H2,(H,23,25)/t20-/m0/s1. The number of likely N-dealkylation sites (tertiary alicyclic amines) is 1. The third kappa shape index (κ3) is 3.87. The summed E-state index contributed by atoms with van der Waals surface area (Å²) in [5.74, 6) is 0.0680. The maximum atomic E-state index is 12.7. The lowest BCUT2D eigenvalue weighted by molar-refractivity contribution is 0.0935. The van der Waals surface area contributed by atoms with Crippen LogP contribution in [-0.2, 0) is 0 Å². The molecule has 2 fully saturated rings. The molecule has 2 aliphatic rings. The fourth-order valence-electron chi connectivity index (χ4n) is 4.46. The van der Waals surface area contributed by atoms with E-state index in [4.69, 9.17) is 0 Å². The van der Waals surface area contributed by atoms with E-state index in [1.54, 1.807) is 0 Å². The maximum Gasteiger partial charge on any atom is 0.251 e. The lowest BCUT2D eigenvalue weighted by Gasteiger charge is -2.26. The van der Waals surface area contributed by atoms with Crippen LogP contribution in [0.15, 0.2) is 42.5 Å². The van der Waals surface area contributed by atoms with Crippen LogP contribution in [0.1, 0.15) is 55.3 Å². The van der Waals surface area contributed by atoms with Crippen molar-refractivity contribution in [1.82, 2.24) is 10.2 Å². The van der Waals surface area contributed by atoms with Crippen LogP contribution in [0.5, 0.6) is 0 Å². The van der Waals surface area contributed by atoms with Crippen LogP contribution >= 0.6 is 0 Å². The second kappa shape index (κ2) is 7.57. The largest absolute Gasteiger partial charge is 0.348 e. The molecule has 1 heterocycles. The van der Waals surface area contributed by atoms with Gasteiger partial charge in [0.25, 0.3) is 5.91 Å². The molecule has 0 spiro atoms. The van der Waals surface area contributed by atoms with Crippen LogP contribution in [-0.4, -0.2) is 36.0 Å². The number of rotatable bonds is 3. The molecular formula is C22H28N2O. The van der Waals surface area contributed by atoms with Crippen LogP contribution in [0, 0.1) is 0 Å². The summed E-state index contributed by atoms with van der Waals surface area (Å²) < 4.78 is 0. The zero-order valence-corrected chi connectivity index (χ0v) is 14.9. The molecule has 1 atom stereocenters. The summed E-state index contributed by atoms with van der Waals surface area (Å²) in [7, 11) is 0. The van der Waals surface area contributed by atoms with Gasteiger partial charge in [-0.05, 0) is 42.2 Å². The molecule has 132 valence electrons. The van der Waals surface area contributed by atoms with E-state index >= 15 is 0 Å². The molecule has 1 saturated carbocycles. The fraction of sp³-hybridized carbons (Fsp3) is 0.500. The number of carbonyl (C=O) groups is 1. The summed E-state index contributed by atoms with van der Waals surface area (Å²) in [4.78, 5) is 15.3. The van der Waals surface area contributed by atoms with Crippen molar-refractivity contribution in [1.29, 1.82) is 0 Å². The molecule has 3 nitrogen and oxygen atoms in total. The van der Waals surface area contributed by atoms with E-state index in [-0.39, 0.29) is 5.91 Å². The average Bonchev–Trinajstić information content (AvgIpc) is 2.93. The van der Waals surface area contributed by atoms with Gasteiger partial charge >= 0.3 is 0 Å². The minimum atomic E-state index is 0.0680. The Kier molecular flexibility index (Phi) is 5.02. The first-order chi connectivity index (χ1) is 12.3. The van der Waals surface area contributed by atoms with E-state index in [1.807, 2.05) is 30.3 Å². The highest BCUT2D eigenvalue weighted by atomic mass is 16.1. The topological polar surface area (TPSA) is 32.3 Å². The highest BCUT2D eigenvalue weighted by Gasteiger charge is 2.29. The number of fused-ring (bicyclic) bond motifs is 1. The van der Waals surface area contributed by atoms with E-state index in [0.717, 1.165) is 36.5 Å². The molecule has 0 bridgehead atoms. The lowest BCUT2D eigenvalue weighted by atomic mass is 10.1. The quantitative estimate of drug-likeness (QED) is 0.844. The number of benzene rings is 2. The zero-order chi connectivity index (χ0) is 17.1. The Labute approximate surface area is 150 Å². The minimum absolute atomic E-state index is 0.0680. The van der Waals surface area contributed by atoms with Crippen LogP contribution in [0.4, 0.5) is 0 Å². The van der Waals surface area contributed by atoms with E-state index in [0.29, 0.717) is 6.04 Å². The Hall–Kier alpha value is -1.87. The predicted molar refractivity (Wildman–Crippen MR) is 103 cm³/mol. The zero-order valence-electron chi connectivity index (χ0n) is 14.9. The van der Waals surface area contributed by atoms with Crippen molar-refractivity contribution in [3.8, 4) is 0 Å². The summed E-state index contributed by atoms with van der Waals surface area (Å²) in [5, 5.41) is 5.57. The molecule has 4 rings (SSSR count). The second-order valence-electron chi connectivity index (χ2n) is 7.66. The Morgan fingerprint density at radius 3 is 2.48 bits per heavy atom. The first-order valence-electron chi connectivity index (χ1n) is 9.83. The average molecular weight is 336 g/mol. The molecule has 3 heteroatoms. The van der Waals surface area contributed by atoms with E-state index in [9.17, 15) is 4.79 Å². The molecule has 0 radical (unpaired) electrons. The Morgan fingerprint density at radius 1 is 0.920 bits per heavy atom. The van der Waals surface area contributed by atoms with E-state index in [2.05, 4.69) is 22.3 Å². The molecule has 2 aromatic rings. The third-order valence-corrected chi connectivity index (χ3v) is 5.91. The fourth-order valence-corrected chi connectivity index (χ4v) is 4.46. The van der Waals surface area contributed by atoms with Gasteiger partial charge in [0.15, 0.2) is 0 Å². The summed E-state index contributed by atoms with van der Waals surface area (Å²) in [6.07, 6.45) is 9.29. The first kappa shape index (κ1) is 16.6. The highest BCUT2D eigenvalue weighted by Crippen LogP contribution is 2.25. The highest BCUT2D eigenvalue weighted by molar-refractivity contribution is 5.98. The van der Waals surface area contributed by atoms with Crippen molar-refractivity contribution in [2.75, 3.05) is 13.1 Å². The Bertz CT molecular complexity index is 734. The van der Waals surface area contributed by atoms with Gasteiger partial charge in [-0.3, -0.25) is 9.69 Å². The summed E-state index contributed by atoms with van der Waals surface area (Å²) in [6, 6.07) is 15.2. The van der Waals surface area contributed by atoms with Crippen LogP contribution < -0.4 is 5.32 Å². The number of hydrogen-bond donors (Lipinski definition) is 1. The maximum absolute atomic E-state index is 12.7. The van der Waals surface area contributed by atoms with Crippen LogP contribution in [0.3, 0.4) is 0 Å². The predicted octanol–water partition coefficient (Wildman–Crippen LogP) is 4.37. The molecule has 0 aromatic heterocycles. The van der Waals surface area contributed by atoms with Crippen molar-refractivity contribution in [3.63, 3.8) is 0 Å². The molecule has 1 amide bonds. The van der Waals surface area contributed by atoms with E-state index in [1.165, 1.54) is 43.9 Å². The van der Waals surface area contributed by atoms with Crippen LogP contribution in [0.2, 0.25) is 0 Å². The van der Waals surface area contributed by atoms with Gasteiger partial charge in [0.2, 0.25) is 0 Å². The minimum Gasteiger partial charge on any atom is -0.348 e. The number of nitrogens with one attached hydrogen (secondary N) is 1. The van der Waals surface area contributed by atoms with Gasteiger partial charge in [-0.1, -0.05) is 56.0 Å². The van der Waals surface area contributed by atoms with Crippen molar-refractivity contribution >= 4 is 16.7 Å². The molecule has 25 heavy (non-hydrogen) atoms. The number of hydrogen-bond acceptors (Lipinski definition) is 2. The van der Waals surface area contributed by atoms with Crippen molar-refractivity contribution in [2.24, 2.45) is 0 Å². The normalized spacial score (nSPS) is 22.8. The Morgan fingerprint density at radius 2 is 1.68 bits per heavy atom. The SMILES string of the molecule is O=C(N[C@H]1CCN(C2CCCCCC2)C1)c1ccc2ccccc2c1. The molecule has 2 aromatic carbocycles.